The Hall–Kier alpha value is -3.41. The smallest absolute Gasteiger partial charge is 0.408 e. The van der Waals surface area contributed by atoms with Crippen LogP contribution in [-0.2, 0) is 15.0 Å². The lowest BCUT2D eigenvalue weighted by Gasteiger charge is -2.52. The van der Waals surface area contributed by atoms with Gasteiger partial charge in [0.2, 0.25) is 0 Å². The number of alkyl carbamates (subject to hydrolysis) is 1. The average molecular weight is 524 g/mol. The Kier molecular flexibility index (Phi) is 8.48. The highest BCUT2D eigenvalue weighted by molar-refractivity contribution is 5.88. The van der Waals surface area contributed by atoms with Gasteiger partial charge in [-0.25, -0.2) is 14.4 Å². The predicted molar refractivity (Wildman–Crippen MR) is 133 cm³/mol. The second-order valence-electron chi connectivity index (χ2n) is 11.6. The molecule has 2 aliphatic rings. The first-order valence-electron chi connectivity index (χ1n) is 12.0. The summed E-state index contributed by atoms with van der Waals surface area (Å²) in [5.74, 6) is -1.18. The van der Waals surface area contributed by atoms with E-state index in [2.05, 4.69) is 5.32 Å². The Labute approximate surface area is 215 Å². The van der Waals surface area contributed by atoms with E-state index in [0.29, 0.717) is 25.7 Å². The van der Waals surface area contributed by atoms with Crippen molar-refractivity contribution >= 4 is 23.8 Å². The average Bonchev–Trinajstić information content (AvgIpc) is 2.66. The predicted octanol–water partition coefficient (Wildman–Crippen LogP) is 4.22. The van der Waals surface area contributed by atoms with Crippen LogP contribution in [0.25, 0.3) is 0 Å². The third-order valence-electron chi connectivity index (χ3n) is 6.70. The molecule has 12 nitrogen and oxygen atoms in total. The number of aliphatic hydroxyl groups excluding tert-OH is 1. The monoisotopic (exact) mass is 523 g/mol. The summed E-state index contributed by atoms with van der Waals surface area (Å²) in [7, 11) is 0. The number of nitrogens with one attached hydrogen (secondary N) is 1. The van der Waals surface area contributed by atoms with Gasteiger partial charge in [-0.15, -0.1) is 0 Å². The number of rotatable bonds is 5. The maximum absolute atomic E-state index is 12.1. The third kappa shape index (κ3) is 7.09. The molecule has 206 valence electrons. The zero-order valence-corrected chi connectivity index (χ0v) is 22.1. The summed E-state index contributed by atoms with van der Waals surface area (Å²) in [6, 6.07) is 3.61. The molecular weight excluding hydrogens is 486 g/mol. The van der Waals surface area contributed by atoms with Crippen molar-refractivity contribution in [1.82, 2.24) is 5.32 Å². The van der Waals surface area contributed by atoms with Crippen molar-refractivity contribution in [2.45, 2.75) is 96.5 Å². The summed E-state index contributed by atoms with van der Waals surface area (Å²) >= 11 is 0. The van der Waals surface area contributed by atoms with Crippen LogP contribution in [0.4, 0.5) is 15.3 Å². The number of aromatic carboxylic acids is 1. The number of ether oxygens (including phenoxy) is 2. The van der Waals surface area contributed by atoms with Crippen molar-refractivity contribution in [2.24, 2.45) is 11.1 Å². The van der Waals surface area contributed by atoms with Crippen molar-refractivity contribution < 1.29 is 39.0 Å². The highest BCUT2D eigenvalue weighted by Gasteiger charge is 2.54. The number of nitrogens with two attached hydrogens (primary N) is 1. The molecule has 3 rings (SSSR count). The second-order valence-corrected chi connectivity index (χ2v) is 11.6. The molecule has 0 aliphatic heterocycles. The van der Waals surface area contributed by atoms with Crippen molar-refractivity contribution in [3.8, 4) is 0 Å². The van der Waals surface area contributed by atoms with Gasteiger partial charge in [-0.1, -0.05) is 20.8 Å². The highest BCUT2D eigenvalue weighted by atomic mass is 16.6. The fourth-order valence-corrected chi connectivity index (χ4v) is 4.45. The molecule has 0 saturated heterocycles. The molecule has 37 heavy (non-hydrogen) atoms. The van der Waals surface area contributed by atoms with Crippen LogP contribution in [0.1, 0.15) is 89.6 Å². The number of hydrogen-bond acceptors (Lipinski definition) is 8. The maximum atomic E-state index is 12.1. The molecule has 0 bridgehead atoms. The SMILES string of the molecule is CC(C)(C)C1(OC(N)=O)CC(O)C1.CC(C)(C)OC(=O)NC1(c2cc(C(=O)O)ccc2[N+](=O)[O-])CCC1. The van der Waals surface area contributed by atoms with Gasteiger partial charge in [-0.05, 0) is 52.2 Å². The van der Waals surface area contributed by atoms with Crippen LogP contribution in [0, 0.1) is 15.5 Å². The number of nitro groups is 1. The minimum Gasteiger partial charge on any atom is -0.478 e. The molecule has 0 unspecified atom stereocenters. The van der Waals surface area contributed by atoms with E-state index in [4.69, 9.17) is 20.3 Å². The number of hydrogen-bond donors (Lipinski definition) is 4. The first-order chi connectivity index (χ1) is 16.8. The van der Waals surface area contributed by atoms with Crippen LogP contribution in [0.5, 0.6) is 0 Å². The van der Waals surface area contributed by atoms with Crippen LogP contribution in [0.3, 0.4) is 0 Å². The molecule has 2 fully saturated rings. The number of benzene rings is 1. The van der Waals surface area contributed by atoms with Crippen LogP contribution >= 0.6 is 0 Å². The summed E-state index contributed by atoms with van der Waals surface area (Å²) in [5.41, 5.74) is 2.48. The summed E-state index contributed by atoms with van der Waals surface area (Å²) in [5, 5.41) is 32.4. The first-order valence-corrected chi connectivity index (χ1v) is 12.0. The van der Waals surface area contributed by atoms with Crippen molar-refractivity contribution in [1.29, 1.82) is 0 Å². The van der Waals surface area contributed by atoms with Gasteiger partial charge >= 0.3 is 18.2 Å². The molecule has 1 aromatic carbocycles. The Morgan fingerprint density at radius 2 is 1.70 bits per heavy atom. The topological polar surface area (TPSA) is 191 Å². The van der Waals surface area contributed by atoms with E-state index in [-0.39, 0.29) is 28.3 Å². The van der Waals surface area contributed by atoms with Gasteiger partial charge in [0, 0.05) is 24.3 Å². The number of primary amides is 1. The lowest BCUT2D eigenvalue weighted by Crippen LogP contribution is -2.59. The summed E-state index contributed by atoms with van der Waals surface area (Å²) in [6.07, 6.45) is 0.896. The van der Waals surface area contributed by atoms with E-state index >= 15 is 0 Å². The summed E-state index contributed by atoms with van der Waals surface area (Å²) in [4.78, 5) is 44.7. The van der Waals surface area contributed by atoms with Gasteiger partial charge in [0.15, 0.2) is 0 Å². The van der Waals surface area contributed by atoms with Crippen molar-refractivity contribution in [3.05, 3.63) is 39.4 Å². The Bertz CT molecular complexity index is 1050. The van der Waals surface area contributed by atoms with Crippen LogP contribution in [0.2, 0.25) is 0 Å². The molecule has 0 radical (unpaired) electrons. The number of carbonyl (C=O) groups excluding carboxylic acids is 2. The minimum absolute atomic E-state index is 0.0622. The highest BCUT2D eigenvalue weighted by Crippen LogP contribution is 2.49. The fourth-order valence-electron chi connectivity index (χ4n) is 4.45. The van der Waals surface area contributed by atoms with Crippen LogP contribution < -0.4 is 11.1 Å². The second kappa shape index (κ2) is 10.5. The molecule has 2 amide bonds. The van der Waals surface area contributed by atoms with E-state index in [9.17, 15) is 29.6 Å². The number of carboxylic acid groups (broad SMARTS) is 1. The first kappa shape index (κ1) is 29.8. The molecule has 0 spiro atoms. The quantitative estimate of drug-likeness (QED) is 0.323. The van der Waals surface area contributed by atoms with Gasteiger partial charge in [-0.3, -0.25) is 10.1 Å². The van der Waals surface area contributed by atoms with E-state index in [1.165, 1.54) is 12.1 Å². The van der Waals surface area contributed by atoms with Gasteiger partial charge in [-0.2, -0.15) is 0 Å². The number of carboxylic acids is 1. The lowest BCUT2D eigenvalue weighted by atomic mass is 9.62. The Morgan fingerprint density at radius 1 is 1.14 bits per heavy atom. The third-order valence-corrected chi connectivity index (χ3v) is 6.70. The molecule has 2 saturated carbocycles. The molecule has 2 aliphatic carbocycles. The van der Waals surface area contributed by atoms with E-state index in [1.807, 2.05) is 20.8 Å². The van der Waals surface area contributed by atoms with Gasteiger partial charge in [0.05, 0.1) is 27.7 Å². The van der Waals surface area contributed by atoms with Crippen molar-refractivity contribution in [2.75, 3.05) is 0 Å². The molecule has 12 heteroatoms. The Morgan fingerprint density at radius 3 is 2.05 bits per heavy atom. The molecule has 5 N–H and O–H groups in total. The summed E-state index contributed by atoms with van der Waals surface area (Å²) in [6.45, 7) is 11.1. The Balaban J connectivity index is 0.000000312. The maximum Gasteiger partial charge on any atom is 0.408 e. The number of nitrogens with zero attached hydrogens (tertiary/aromatic N) is 1. The molecular formula is C25H37N3O9. The zero-order valence-electron chi connectivity index (χ0n) is 22.1. The summed E-state index contributed by atoms with van der Waals surface area (Å²) < 4.78 is 10.3. The van der Waals surface area contributed by atoms with E-state index in [0.717, 1.165) is 12.5 Å². The van der Waals surface area contributed by atoms with Gasteiger partial charge < -0.3 is 30.7 Å². The van der Waals surface area contributed by atoms with E-state index in [1.54, 1.807) is 20.8 Å². The van der Waals surface area contributed by atoms with Crippen LogP contribution in [0.15, 0.2) is 18.2 Å². The van der Waals surface area contributed by atoms with E-state index < -0.39 is 39.8 Å². The van der Waals surface area contributed by atoms with Crippen molar-refractivity contribution in [3.63, 3.8) is 0 Å². The minimum atomic E-state index is -1.18. The van der Waals surface area contributed by atoms with Gasteiger partial charge in [0.1, 0.15) is 11.2 Å². The molecule has 0 aromatic heterocycles. The lowest BCUT2D eigenvalue weighted by molar-refractivity contribution is -0.386. The van der Waals surface area contributed by atoms with Crippen LogP contribution in [-0.4, -0.2) is 50.6 Å². The number of carbonyl (C=O) groups is 3. The fraction of sp³-hybridized carbons (Fsp3) is 0.640. The number of aliphatic hydroxyl groups is 1. The largest absolute Gasteiger partial charge is 0.478 e. The standard InChI is InChI=1S/C16H20N2O6.C9H17NO3/c1-15(2,3)24-14(21)17-16(7-4-8-16)11-9-10(13(19)20)5-6-12(11)18(22)23;1-8(2,3)9(13-7(10)12)4-6(11)5-9/h5-6,9H,4,7-8H2,1-3H3,(H,17,21)(H,19,20);6,11H,4-5H2,1-3H3,(H2,10,12). The number of amides is 2. The van der Waals surface area contributed by atoms with Gasteiger partial charge in [0.25, 0.3) is 5.69 Å². The zero-order chi connectivity index (χ0) is 28.4. The number of nitro benzene ring substituents is 1. The molecule has 1 aromatic rings. The molecule has 0 heterocycles. The normalized spacial score (nSPS) is 22.2. The molecule has 0 atom stereocenters.